The van der Waals surface area contributed by atoms with Crippen molar-refractivity contribution >= 4 is 24.0 Å². The number of carboxylic acids is 1. The van der Waals surface area contributed by atoms with E-state index in [2.05, 4.69) is 20.5 Å². The number of hydrogen-bond donors (Lipinski definition) is 2. The molecule has 1 aliphatic heterocycles. The SMILES string of the molecule is O=C(O)c1cccc(-c2ccc(/C=N/Nc3ncc(F)c(N4CCOCC4)n3)o2)c1. The monoisotopic (exact) mass is 411 g/mol. The molecule has 3 aromatic rings. The van der Waals surface area contributed by atoms with Crippen LogP contribution in [0.5, 0.6) is 0 Å². The Morgan fingerprint density at radius 2 is 2.10 bits per heavy atom. The van der Waals surface area contributed by atoms with Crippen LogP contribution in [0.3, 0.4) is 0 Å². The molecule has 1 aliphatic rings. The first-order valence-corrected chi connectivity index (χ1v) is 9.18. The highest BCUT2D eigenvalue weighted by molar-refractivity contribution is 5.89. The lowest BCUT2D eigenvalue weighted by Gasteiger charge is -2.27. The predicted molar refractivity (Wildman–Crippen MR) is 107 cm³/mol. The first-order chi connectivity index (χ1) is 14.6. The van der Waals surface area contributed by atoms with Gasteiger partial charge in [-0.3, -0.25) is 0 Å². The molecule has 1 saturated heterocycles. The van der Waals surface area contributed by atoms with Gasteiger partial charge in [0.2, 0.25) is 5.95 Å². The van der Waals surface area contributed by atoms with Crippen molar-refractivity contribution in [3.8, 4) is 11.3 Å². The Kier molecular flexibility index (Phi) is 5.66. The zero-order valence-electron chi connectivity index (χ0n) is 15.8. The maximum atomic E-state index is 14.1. The average molecular weight is 411 g/mol. The van der Waals surface area contributed by atoms with Crippen molar-refractivity contribution in [1.29, 1.82) is 0 Å². The number of benzene rings is 1. The van der Waals surface area contributed by atoms with E-state index in [9.17, 15) is 9.18 Å². The molecule has 0 saturated carbocycles. The normalized spacial score (nSPS) is 14.2. The molecule has 9 nitrogen and oxygen atoms in total. The maximum Gasteiger partial charge on any atom is 0.335 e. The molecule has 0 amide bonds. The van der Waals surface area contributed by atoms with Gasteiger partial charge in [-0.2, -0.15) is 10.1 Å². The van der Waals surface area contributed by atoms with Crippen molar-refractivity contribution in [3.63, 3.8) is 0 Å². The van der Waals surface area contributed by atoms with Crippen LogP contribution >= 0.6 is 0 Å². The summed E-state index contributed by atoms with van der Waals surface area (Å²) in [5.41, 5.74) is 3.47. The third-order valence-electron chi connectivity index (χ3n) is 4.41. The van der Waals surface area contributed by atoms with E-state index >= 15 is 0 Å². The lowest BCUT2D eigenvalue weighted by atomic mass is 10.1. The standard InChI is InChI=1S/C20H18FN5O4/c21-16-12-22-20(24-18(16)26-6-8-29-9-7-26)25-23-11-15-4-5-17(30-15)13-2-1-3-14(10-13)19(27)28/h1-5,10-12H,6-9H2,(H,27,28)(H,22,24,25)/b23-11+. The number of furan rings is 1. The second-order valence-corrected chi connectivity index (χ2v) is 6.42. The summed E-state index contributed by atoms with van der Waals surface area (Å²) < 4.78 is 25.0. The Balaban J connectivity index is 1.44. The molecule has 0 unspecified atom stereocenters. The molecule has 10 heteroatoms. The fourth-order valence-corrected chi connectivity index (χ4v) is 2.95. The van der Waals surface area contributed by atoms with Crippen molar-refractivity contribution in [1.82, 2.24) is 9.97 Å². The molecule has 30 heavy (non-hydrogen) atoms. The van der Waals surface area contributed by atoms with Gasteiger partial charge >= 0.3 is 5.97 Å². The summed E-state index contributed by atoms with van der Waals surface area (Å²) in [6.45, 7) is 2.13. The number of nitrogens with one attached hydrogen (secondary N) is 1. The van der Waals surface area contributed by atoms with E-state index in [1.54, 1.807) is 29.2 Å². The smallest absolute Gasteiger partial charge is 0.335 e. The summed E-state index contributed by atoms with van der Waals surface area (Å²) in [5.74, 6) is -0.226. The largest absolute Gasteiger partial charge is 0.478 e. The van der Waals surface area contributed by atoms with Crippen LogP contribution in [0.25, 0.3) is 11.3 Å². The molecule has 0 spiro atoms. The molecule has 1 fully saturated rings. The number of halogens is 1. The molecule has 154 valence electrons. The first kappa shape index (κ1) is 19.5. The lowest BCUT2D eigenvalue weighted by molar-refractivity contribution is 0.0697. The van der Waals surface area contributed by atoms with Gasteiger partial charge in [-0.1, -0.05) is 12.1 Å². The van der Waals surface area contributed by atoms with Crippen LogP contribution in [-0.2, 0) is 4.74 Å². The van der Waals surface area contributed by atoms with E-state index in [0.29, 0.717) is 43.4 Å². The highest BCUT2D eigenvalue weighted by atomic mass is 19.1. The number of carbonyl (C=O) groups is 1. The number of morpholine rings is 1. The van der Waals surface area contributed by atoms with Crippen LogP contribution in [0.1, 0.15) is 16.1 Å². The Bertz CT molecular complexity index is 1080. The van der Waals surface area contributed by atoms with Gasteiger partial charge in [0.1, 0.15) is 11.5 Å². The summed E-state index contributed by atoms with van der Waals surface area (Å²) in [6, 6.07) is 9.85. The fourth-order valence-electron chi connectivity index (χ4n) is 2.95. The minimum absolute atomic E-state index is 0.148. The molecule has 3 heterocycles. The van der Waals surface area contributed by atoms with Crippen molar-refractivity contribution in [2.75, 3.05) is 36.6 Å². The molecule has 0 radical (unpaired) electrons. The summed E-state index contributed by atoms with van der Waals surface area (Å²) >= 11 is 0. The zero-order valence-corrected chi connectivity index (χ0v) is 15.8. The van der Waals surface area contributed by atoms with Crippen LogP contribution in [0, 0.1) is 5.82 Å². The quantitative estimate of drug-likeness (QED) is 0.470. The molecule has 2 aromatic heterocycles. The van der Waals surface area contributed by atoms with Gasteiger partial charge in [-0.25, -0.2) is 19.6 Å². The Hall–Kier alpha value is -3.79. The van der Waals surface area contributed by atoms with Crippen molar-refractivity contribution in [2.24, 2.45) is 5.10 Å². The van der Waals surface area contributed by atoms with Gasteiger partial charge in [-0.15, -0.1) is 0 Å². The summed E-state index contributed by atoms with van der Waals surface area (Å²) in [5, 5.41) is 13.1. The van der Waals surface area contributed by atoms with E-state index in [1.165, 1.54) is 18.3 Å². The van der Waals surface area contributed by atoms with Gasteiger partial charge in [0.15, 0.2) is 11.6 Å². The van der Waals surface area contributed by atoms with E-state index in [4.69, 9.17) is 14.3 Å². The van der Waals surface area contributed by atoms with E-state index in [1.807, 2.05) is 0 Å². The van der Waals surface area contributed by atoms with Crippen molar-refractivity contribution < 1.29 is 23.4 Å². The summed E-state index contributed by atoms with van der Waals surface area (Å²) in [6.07, 6.45) is 2.52. The number of hydrogen-bond acceptors (Lipinski definition) is 8. The van der Waals surface area contributed by atoms with Crippen LogP contribution < -0.4 is 10.3 Å². The first-order valence-electron chi connectivity index (χ1n) is 9.18. The number of ether oxygens (including phenoxy) is 1. The Morgan fingerprint density at radius 1 is 1.27 bits per heavy atom. The van der Waals surface area contributed by atoms with Crippen LogP contribution in [0.2, 0.25) is 0 Å². The number of aromatic nitrogens is 2. The van der Waals surface area contributed by atoms with E-state index in [-0.39, 0.29) is 17.3 Å². The van der Waals surface area contributed by atoms with Gasteiger partial charge in [0.05, 0.1) is 31.2 Å². The second kappa shape index (κ2) is 8.70. The van der Waals surface area contributed by atoms with Gasteiger partial charge in [-0.05, 0) is 24.3 Å². The predicted octanol–water partition coefficient (Wildman–Crippen LogP) is 2.86. The molecule has 0 bridgehead atoms. The third-order valence-corrected chi connectivity index (χ3v) is 4.41. The second-order valence-electron chi connectivity index (χ2n) is 6.42. The summed E-state index contributed by atoms with van der Waals surface area (Å²) in [7, 11) is 0. The van der Waals surface area contributed by atoms with Crippen LogP contribution in [0.15, 0.2) is 52.1 Å². The highest BCUT2D eigenvalue weighted by Crippen LogP contribution is 2.23. The molecule has 2 N–H and O–H groups in total. The number of hydrazone groups is 1. The third kappa shape index (κ3) is 4.44. The topological polar surface area (TPSA) is 113 Å². The molecule has 0 atom stereocenters. The van der Waals surface area contributed by atoms with E-state index in [0.717, 1.165) is 6.20 Å². The Labute approximate surface area is 170 Å². The van der Waals surface area contributed by atoms with Gasteiger partial charge in [0, 0.05) is 18.7 Å². The summed E-state index contributed by atoms with van der Waals surface area (Å²) in [4.78, 5) is 21.0. The maximum absolute atomic E-state index is 14.1. The molecule has 0 aliphatic carbocycles. The number of nitrogens with zero attached hydrogens (tertiary/aromatic N) is 4. The fraction of sp³-hybridized carbons (Fsp3) is 0.200. The average Bonchev–Trinajstić information content (AvgIpc) is 3.24. The van der Waals surface area contributed by atoms with Gasteiger partial charge < -0.3 is 19.2 Å². The molecule has 4 rings (SSSR count). The number of aromatic carboxylic acids is 1. The van der Waals surface area contributed by atoms with Gasteiger partial charge in [0.25, 0.3) is 0 Å². The Morgan fingerprint density at radius 3 is 2.90 bits per heavy atom. The molecular formula is C20H18FN5O4. The van der Waals surface area contributed by atoms with Crippen molar-refractivity contribution in [3.05, 3.63) is 59.7 Å². The molecular weight excluding hydrogens is 393 g/mol. The number of rotatable bonds is 6. The van der Waals surface area contributed by atoms with Crippen molar-refractivity contribution in [2.45, 2.75) is 0 Å². The molecule has 1 aromatic carbocycles. The minimum Gasteiger partial charge on any atom is -0.478 e. The van der Waals surface area contributed by atoms with Crippen LogP contribution in [0.4, 0.5) is 16.2 Å². The zero-order chi connectivity index (χ0) is 20.9. The van der Waals surface area contributed by atoms with Crippen LogP contribution in [-0.4, -0.2) is 53.6 Å². The lowest BCUT2D eigenvalue weighted by Crippen LogP contribution is -2.37. The minimum atomic E-state index is -1.01. The number of anilines is 2. The van der Waals surface area contributed by atoms with E-state index < -0.39 is 11.8 Å². The highest BCUT2D eigenvalue weighted by Gasteiger charge is 2.17. The number of carboxylic acid groups (broad SMARTS) is 1.